The molecule has 0 aromatic heterocycles. The highest BCUT2D eigenvalue weighted by molar-refractivity contribution is 7.95. The third-order valence-corrected chi connectivity index (χ3v) is 2.64. The summed E-state index contributed by atoms with van der Waals surface area (Å²) in [5.74, 6) is 0. The molecule has 3 nitrogen and oxygen atoms in total. The average Bonchev–Trinajstić information content (AvgIpc) is 2.15. The highest BCUT2D eigenvalue weighted by Crippen LogP contribution is 2.22. The lowest BCUT2D eigenvalue weighted by Crippen LogP contribution is -2.00. The van der Waals surface area contributed by atoms with Gasteiger partial charge < -0.3 is 0 Å². The van der Waals surface area contributed by atoms with Crippen LogP contribution in [-0.4, -0.2) is 13.0 Å². The van der Waals surface area contributed by atoms with Gasteiger partial charge in [-0.3, -0.25) is 4.55 Å². The van der Waals surface area contributed by atoms with E-state index in [1.807, 2.05) is 0 Å². The Morgan fingerprint density at radius 1 is 1.36 bits per heavy atom. The van der Waals surface area contributed by atoms with E-state index in [2.05, 4.69) is 13.2 Å². The fourth-order valence-corrected chi connectivity index (χ4v) is 1.53. The van der Waals surface area contributed by atoms with Crippen LogP contribution in [0.15, 0.2) is 37.4 Å². The molecule has 1 N–H and O–H groups in total. The molecule has 4 heteroatoms. The molecule has 0 heterocycles. The van der Waals surface area contributed by atoms with E-state index in [1.54, 1.807) is 24.3 Å². The van der Waals surface area contributed by atoms with Crippen molar-refractivity contribution in [1.29, 1.82) is 0 Å². The lowest BCUT2D eigenvalue weighted by Gasteiger charge is -2.05. The largest absolute Gasteiger partial charge is 0.294 e. The number of hydrogen-bond donors (Lipinski definition) is 1. The fraction of sp³-hybridized carbons (Fsp3) is 0. The van der Waals surface area contributed by atoms with Crippen LogP contribution in [0.1, 0.15) is 11.1 Å². The van der Waals surface area contributed by atoms with Gasteiger partial charge in [0.1, 0.15) is 0 Å². The Hall–Kier alpha value is -1.39. The van der Waals surface area contributed by atoms with Crippen LogP contribution >= 0.6 is 0 Å². The van der Waals surface area contributed by atoms with Crippen LogP contribution in [0.25, 0.3) is 11.0 Å². The minimum atomic E-state index is -4.23. The molecule has 0 aliphatic heterocycles. The van der Waals surface area contributed by atoms with E-state index >= 15 is 0 Å². The molecule has 74 valence electrons. The van der Waals surface area contributed by atoms with Gasteiger partial charge in [-0.1, -0.05) is 43.5 Å². The van der Waals surface area contributed by atoms with Crippen molar-refractivity contribution in [1.82, 2.24) is 0 Å². The Kier molecular flexibility index (Phi) is 2.88. The van der Waals surface area contributed by atoms with Crippen molar-refractivity contribution < 1.29 is 13.0 Å². The first-order valence-corrected chi connectivity index (χ1v) is 5.29. The minimum absolute atomic E-state index is 0.312. The SMILES string of the molecule is C=Cc1ccccc1C(=C)S(=O)(=O)O. The van der Waals surface area contributed by atoms with Crippen LogP contribution in [0.4, 0.5) is 0 Å². The summed E-state index contributed by atoms with van der Waals surface area (Å²) in [7, 11) is -4.23. The van der Waals surface area contributed by atoms with E-state index in [1.165, 1.54) is 6.08 Å². The predicted octanol–water partition coefficient (Wildman–Crippen LogP) is 2.19. The van der Waals surface area contributed by atoms with E-state index in [0.717, 1.165) is 0 Å². The van der Waals surface area contributed by atoms with Crippen molar-refractivity contribution in [2.45, 2.75) is 0 Å². The maximum Gasteiger partial charge on any atom is 0.294 e. The molecule has 0 spiro atoms. The monoisotopic (exact) mass is 210 g/mol. The first-order valence-electron chi connectivity index (χ1n) is 3.85. The highest BCUT2D eigenvalue weighted by Gasteiger charge is 2.14. The molecule has 0 aliphatic rings. The van der Waals surface area contributed by atoms with E-state index in [4.69, 9.17) is 4.55 Å². The lowest BCUT2D eigenvalue weighted by atomic mass is 10.1. The Morgan fingerprint density at radius 3 is 2.43 bits per heavy atom. The van der Waals surface area contributed by atoms with Crippen LogP contribution in [0.3, 0.4) is 0 Å². The summed E-state index contributed by atoms with van der Waals surface area (Å²) in [6, 6.07) is 6.67. The smallest absolute Gasteiger partial charge is 0.282 e. The number of rotatable bonds is 3. The van der Waals surface area contributed by atoms with E-state index in [0.29, 0.717) is 11.1 Å². The van der Waals surface area contributed by atoms with Crippen LogP contribution in [0.2, 0.25) is 0 Å². The van der Waals surface area contributed by atoms with Crippen molar-refractivity contribution in [3.05, 3.63) is 48.6 Å². The zero-order chi connectivity index (χ0) is 10.8. The summed E-state index contributed by atoms with van der Waals surface area (Å²) >= 11 is 0. The number of hydrogen-bond acceptors (Lipinski definition) is 2. The number of benzene rings is 1. The molecule has 0 saturated carbocycles. The molecule has 0 aliphatic carbocycles. The quantitative estimate of drug-likeness (QED) is 0.778. The topological polar surface area (TPSA) is 54.4 Å². The standard InChI is InChI=1S/C10H10O3S/c1-3-9-6-4-5-7-10(9)8(2)14(11,12)13/h3-7H,1-2H2,(H,11,12,13). The molecule has 0 fully saturated rings. The first-order chi connectivity index (χ1) is 6.46. The van der Waals surface area contributed by atoms with Gasteiger partial charge in [-0.15, -0.1) is 0 Å². The Labute approximate surface area is 83.1 Å². The van der Waals surface area contributed by atoms with Crippen LogP contribution in [0, 0.1) is 0 Å². The molecule has 0 bridgehead atoms. The van der Waals surface area contributed by atoms with Gasteiger partial charge in [-0.2, -0.15) is 8.42 Å². The Morgan fingerprint density at radius 2 is 1.93 bits per heavy atom. The average molecular weight is 210 g/mol. The normalized spacial score (nSPS) is 10.9. The van der Waals surface area contributed by atoms with Crippen LogP contribution in [-0.2, 0) is 10.1 Å². The summed E-state index contributed by atoms with van der Waals surface area (Å²) < 4.78 is 30.4. The third kappa shape index (κ3) is 2.10. The van der Waals surface area contributed by atoms with E-state index in [-0.39, 0.29) is 4.91 Å². The molecule has 0 atom stereocenters. The minimum Gasteiger partial charge on any atom is -0.282 e. The molecule has 1 aromatic rings. The van der Waals surface area contributed by atoms with Gasteiger partial charge >= 0.3 is 0 Å². The first kappa shape index (κ1) is 10.7. The summed E-state index contributed by atoms with van der Waals surface area (Å²) in [4.78, 5) is -0.312. The molecule has 1 aromatic carbocycles. The van der Waals surface area contributed by atoms with Gasteiger partial charge in [0.2, 0.25) is 0 Å². The second kappa shape index (κ2) is 3.77. The van der Waals surface area contributed by atoms with Crippen molar-refractivity contribution in [2.75, 3.05) is 0 Å². The molecular formula is C10H10O3S. The third-order valence-electron chi connectivity index (χ3n) is 1.79. The van der Waals surface area contributed by atoms with Gasteiger partial charge in [0.05, 0.1) is 4.91 Å². The van der Waals surface area contributed by atoms with Crippen molar-refractivity contribution in [3.63, 3.8) is 0 Å². The maximum atomic E-state index is 10.8. The van der Waals surface area contributed by atoms with Crippen LogP contribution in [0.5, 0.6) is 0 Å². The zero-order valence-electron chi connectivity index (χ0n) is 7.47. The molecular weight excluding hydrogens is 200 g/mol. The zero-order valence-corrected chi connectivity index (χ0v) is 8.29. The molecule has 1 rings (SSSR count). The Bertz CT molecular complexity index is 472. The molecule has 0 amide bonds. The van der Waals surface area contributed by atoms with Crippen molar-refractivity contribution in [3.8, 4) is 0 Å². The Balaban J connectivity index is 3.33. The summed E-state index contributed by atoms with van der Waals surface area (Å²) in [6.07, 6.45) is 1.51. The second-order valence-electron chi connectivity index (χ2n) is 2.69. The lowest BCUT2D eigenvalue weighted by molar-refractivity contribution is 0.496. The maximum absolute atomic E-state index is 10.8. The summed E-state index contributed by atoms with van der Waals surface area (Å²) in [5, 5.41) is 0. The molecule has 14 heavy (non-hydrogen) atoms. The predicted molar refractivity (Wildman–Crippen MR) is 57.1 cm³/mol. The van der Waals surface area contributed by atoms with Gasteiger partial charge in [0, 0.05) is 5.56 Å². The fourth-order valence-electron chi connectivity index (χ4n) is 1.07. The van der Waals surface area contributed by atoms with Gasteiger partial charge in [0.25, 0.3) is 10.1 Å². The van der Waals surface area contributed by atoms with Crippen molar-refractivity contribution >= 4 is 21.1 Å². The summed E-state index contributed by atoms with van der Waals surface area (Å²) in [5.41, 5.74) is 0.986. The molecule has 0 radical (unpaired) electrons. The second-order valence-corrected chi connectivity index (χ2v) is 4.13. The van der Waals surface area contributed by atoms with E-state index < -0.39 is 10.1 Å². The highest BCUT2D eigenvalue weighted by atomic mass is 32.2. The van der Waals surface area contributed by atoms with E-state index in [9.17, 15) is 8.42 Å². The van der Waals surface area contributed by atoms with Gasteiger partial charge in [-0.25, -0.2) is 0 Å². The molecule has 0 unspecified atom stereocenters. The molecule has 0 saturated heterocycles. The van der Waals surface area contributed by atoms with Crippen LogP contribution < -0.4 is 0 Å². The van der Waals surface area contributed by atoms with Gasteiger partial charge in [0.15, 0.2) is 0 Å². The van der Waals surface area contributed by atoms with Gasteiger partial charge in [-0.05, 0) is 5.56 Å². The van der Waals surface area contributed by atoms with Crippen molar-refractivity contribution in [2.24, 2.45) is 0 Å². The summed E-state index contributed by atoms with van der Waals surface area (Å²) in [6.45, 7) is 6.86.